The van der Waals surface area contributed by atoms with Crippen molar-refractivity contribution < 1.29 is 28.6 Å². The summed E-state index contributed by atoms with van der Waals surface area (Å²) in [4.78, 5) is 50.6. The molecule has 0 bridgehead atoms. The predicted molar refractivity (Wildman–Crippen MR) is 197 cm³/mol. The Morgan fingerprint density at radius 1 is 0.863 bits per heavy atom. The molecule has 4 N–H and O–H groups in total. The van der Waals surface area contributed by atoms with Gasteiger partial charge in [-0.05, 0) is 81.3 Å². The van der Waals surface area contributed by atoms with Gasteiger partial charge in [-0.3, -0.25) is 14.9 Å². The first-order valence-corrected chi connectivity index (χ1v) is 17.7. The summed E-state index contributed by atoms with van der Waals surface area (Å²) < 4.78 is 15.7. The van der Waals surface area contributed by atoms with Crippen molar-refractivity contribution in [2.75, 3.05) is 56.1 Å². The van der Waals surface area contributed by atoms with E-state index in [1.807, 2.05) is 51.1 Å². The van der Waals surface area contributed by atoms with Gasteiger partial charge in [-0.25, -0.2) is 9.78 Å². The summed E-state index contributed by atoms with van der Waals surface area (Å²) in [5.74, 6) is 1.24. The molecule has 2 aliphatic rings. The van der Waals surface area contributed by atoms with E-state index in [2.05, 4.69) is 26.2 Å². The molecule has 0 unspecified atom stereocenters. The van der Waals surface area contributed by atoms with Gasteiger partial charge in [0.05, 0.1) is 25.5 Å². The Hall–Kier alpha value is -4.75. The molecular formula is C38H51N7O6. The third-order valence-electron chi connectivity index (χ3n) is 9.06. The number of anilines is 3. The molecule has 3 atom stereocenters. The zero-order valence-corrected chi connectivity index (χ0v) is 30.3. The molecule has 3 amide bonds. The van der Waals surface area contributed by atoms with E-state index < -0.39 is 11.7 Å². The number of amides is 3. The van der Waals surface area contributed by atoms with Crippen molar-refractivity contribution in [1.82, 2.24) is 20.6 Å². The third-order valence-corrected chi connectivity index (χ3v) is 9.06. The molecule has 274 valence electrons. The Morgan fingerprint density at radius 3 is 2.22 bits per heavy atom. The maximum Gasteiger partial charge on any atom is 0.412 e. The predicted octanol–water partition coefficient (Wildman–Crippen LogP) is 5.38. The lowest BCUT2D eigenvalue weighted by molar-refractivity contribution is -0.122. The van der Waals surface area contributed by atoms with Crippen molar-refractivity contribution in [2.45, 2.75) is 77.1 Å². The maximum absolute atomic E-state index is 13.4. The number of methoxy groups -OCH3 is 2. The first-order chi connectivity index (χ1) is 24.5. The minimum atomic E-state index is -0.584. The van der Waals surface area contributed by atoms with Crippen molar-refractivity contribution in [3.05, 3.63) is 65.9 Å². The summed E-state index contributed by atoms with van der Waals surface area (Å²) in [5.41, 5.74) is 3.04. The average molecular weight is 702 g/mol. The highest BCUT2D eigenvalue weighted by atomic mass is 16.6. The fourth-order valence-corrected chi connectivity index (χ4v) is 6.72. The van der Waals surface area contributed by atoms with Crippen molar-refractivity contribution >= 4 is 35.4 Å². The molecule has 2 heterocycles. The molecule has 2 fully saturated rings. The summed E-state index contributed by atoms with van der Waals surface area (Å²) >= 11 is 0. The molecule has 5 rings (SSSR count). The van der Waals surface area contributed by atoms with Crippen LogP contribution in [0, 0.1) is 5.92 Å². The van der Waals surface area contributed by atoms with Crippen LogP contribution in [-0.4, -0.2) is 86.1 Å². The van der Waals surface area contributed by atoms with Crippen molar-refractivity contribution in [2.24, 2.45) is 5.92 Å². The highest BCUT2D eigenvalue weighted by Gasteiger charge is 2.46. The lowest BCUT2D eigenvalue weighted by atomic mass is 9.84. The SMILES string of the molecule is COCCNC(=O)[C@@H]1C[C@@H]2CCCC[C@@H]2N1c1cc(CNC(=O)c2ccc(-c3ccc(NC(=O)OC(C)(C)C)cc3)cc2)nc(NCCOC)n1. The van der Waals surface area contributed by atoms with Crippen molar-refractivity contribution in [3.63, 3.8) is 0 Å². The normalized spacial score (nSPS) is 18.5. The van der Waals surface area contributed by atoms with Gasteiger partial charge >= 0.3 is 6.09 Å². The molecule has 0 spiro atoms. The van der Waals surface area contributed by atoms with E-state index in [4.69, 9.17) is 24.2 Å². The summed E-state index contributed by atoms with van der Waals surface area (Å²) in [5, 5.41) is 12.0. The first kappa shape index (κ1) is 37.5. The van der Waals surface area contributed by atoms with Crippen LogP contribution >= 0.6 is 0 Å². The van der Waals surface area contributed by atoms with E-state index in [9.17, 15) is 14.4 Å². The number of nitrogens with one attached hydrogen (secondary N) is 4. The number of nitrogens with zero attached hydrogens (tertiary/aromatic N) is 3. The molecule has 13 nitrogen and oxygen atoms in total. The van der Waals surface area contributed by atoms with Crippen LogP contribution in [0.1, 0.15) is 68.9 Å². The Bertz CT molecular complexity index is 1630. The molecule has 13 heteroatoms. The van der Waals surface area contributed by atoms with Gasteiger partial charge < -0.3 is 35.1 Å². The highest BCUT2D eigenvalue weighted by Crippen LogP contribution is 2.42. The molecule has 3 aromatic rings. The minimum absolute atomic E-state index is 0.0272. The van der Waals surface area contributed by atoms with Gasteiger partial charge in [0.15, 0.2) is 0 Å². The van der Waals surface area contributed by atoms with Crippen LogP contribution in [-0.2, 0) is 25.5 Å². The quantitative estimate of drug-likeness (QED) is 0.161. The second-order valence-electron chi connectivity index (χ2n) is 14.0. The van der Waals surface area contributed by atoms with E-state index in [0.29, 0.717) is 60.9 Å². The Balaban J connectivity index is 1.28. The molecule has 0 radical (unpaired) electrons. The van der Waals surface area contributed by atoms with Crippen molar-refractivity contribution in [1.29, 1.82) is 0 Å². The fraction of sp³-hybridized carbons (Fsp3) is 0.500. The zero-order valence-electron chi connectivity index (χ0n) is 30.3. The zero-order chi connectivity index (χ0) is 36.4. The number of fused-ring (bicyclic) bond motifs is 1. The molecule has 1 aromatic heterocycles. The number of hydrogen-bond acceptors (Lipinski definition) is 10. The molecular weight excluding hydrogens is 650 g/mol. The summed E-state index contributed by atoms with van der Waals surface area (Å²) in [7, 11) is 3.25. The number of carbonyl (C=O) groups is 3. The van der Waals surface area contributed by atoms with Crippen LogP contribution in [0.5, 0.6) is 0 Å². The van der Waals surface area contributed by atoms with E-state index >= 15 is 0 Å². The second kappa shape index (κ2) is 17.5. The van der Waals surface area contributed by atoms with E-state index in [1.54, 1.807) is 38.5 Å². The lowest BCUT2D eigenvalue weighted by Gasteiger charge is -2.34. The average Bonchev–Trinajstić information content (AvgIpc) is 3.50. The summed E-state index contributed by atoms with van der Waals surface area (Å²) in [6.45, 7) is 7.49. The number of benzene rings is 2. The molecule has 2 aromatic carbocycles. The number of hydrogen-bond donors (Lipinski definition) is 4. The highest BCUT2D eigenvalue weighted by molar-refractivity contribution is 5.94. The van der Waals surface area contributed by atoms with Crippen LogP contribution in [0.15, 0.2) is 54.6 Å². The van der Waals surface area contributed by atoms with E-state index in [0.717, 1.165) is 36.8 Å². The van der Waals surface area contributed by atoms with Crippen LogP contribution in [0.2, 0.25) is 0 Å². The van der Waals surface area contributed by atoms with Crippen LogP contribution in [0.4, 0.5) is 22.2 Å². The largest absolute Gasteiger partial charge is 0.444 e. The maximum atomic E-state index is 13.4. The van der Waals surface area contributed by atoms with Crippen molar-refractivity contribution in [3.8, 4) is 11.1 Å². The third kappa shape index (κ3) is 10.4. The Kier molecular flexibility index (Phi) is 12.8. The van der Waals surface area contributed by atoms with Gasteiger partial charge in [0, 0.05) is 50.7 Å². The number of ether oxygens (including phenoxy) is 3. The monoisotopic (exact) mass is 701 g/mol. The van der Waals surface area contributed by atoms with Gasteiger partial charge in [0.1, 0.15) is 17.5 Å². The fourth-order valence-electron chi connectivity index (χ4n) is 6.72. The van der Waals surface area contributed by atoms with Crippen LogP contribution in [0.25, 0.3) is 11.1 Å². The smallest absolute Gasteiger partial charge is 0.412 e. The van der Waals surface area contributed by atoms with E-state index in [1.165, 1.54) is 6.42 Å². The Labute approximate surface area is 300 Å². The summed E-state index contributed by atoms with van der Waals surface area (Å²) in [6.07, 6.45) is 4.62. The lowest BCUT2D eigenvalue weighted by Crippen LogP contribution is -2.48. The summed E-state index contributed by atoms with van der Waals surface area (Å²) in [6, 6.07) is 16.5. The molecule has 1 saturated heterocycles. The molecule has 51 heavy (non-hydrogen) atoms. The number of aromatic nitrogens is 2. The Morgan fingerprint density at radius 2 is 1.53 bits per heavy atom. The topological polar surface area (TPSA) is 156 Å². The van der Waals surface area contributed by atoms with Crippen LogP contribution < -0.4 is 26.2 Å². The van der Waals surface area contributed by atoms with Gasteiger partial charge in [-0.2, -0.15) is 4.98 Å². The van der Waals surface area contributed by atoms with Gasteiger partial charge in [-0.15, -0.1) is 0 Å². The first-order valence-electron chi connectivity index (χ1n) is 17.7. The van der Waals surface area contributed by atoms with Gasteiger partial charge in [0.2, 0.25) is 11.9 Å². The van der Waals surface area contributed by atoms with Crippen LogP contribution in [0.3, 0.4) is 0 Å². The minimum Gasteiger partial charge on any atom is -0.444 e. The number of rotatable bonds is 14. The molecule has 1 aliphatic heterocycles. The van der Waals surface area contributed by atoms with Gasteiger partial charge in [0.25, 0.3) is 5.91 Å². The van der Waals surface area contributed by atoms with E-state index in [-0.39, 0.29) is 30.4 Å². The second-order valence-corrected chi connectivity index (χ2v) is 14.0. The molecule has 1 aliphatic carbocycles. The standard InChI is InChI=1S/C38H51N7O6/c1-38(2,3)51-37(48)43-29-16-14-26(15-17-29)25-10-12-27(13-11-25)34(46)41-24-30-23-33(44-36(42-30)40-19-21-50-5)45-31-9-7-6-8-28(31)22-32(45)35(47)39-18-20-49-4/h10-17,23,28,31-32H,6-9,18-22,24H2,1-5H3,(H,39,47)(H,41,46)(H,43,48)(H,40,42,44)/t28-,31-,32-/m0/s1. The molecule has 1 saturated carbocycles. The number of carbonyl (C=O) groups excluding carboxylic acids is 3. The van der Waals surface area contributed by atoms with Gasteiger partial charge in [-0.1, -0.05) is 37.1 Å².